The first-order chi connectivity index (χ1) is 10.6. The first kappa shape index (κ1) is 14.6. The normalized spacial score (nSPS) is 11.1. The van der Waals surface area contributed by atoms with Crippen molar-refractivity contribution in [2.24, 2.45) is 0 Å². The Labute approximate surface area is 127 Å². The molecule has 0 saturated carbocycles. The van der Waals surface area contributed by atoms with E-state index in [4.69, 9.17) is 0 Å². The lowest BCUT2D eigenvalue weighted by atomic mass is 9.98. The fraction of sp³-hybridized carbons (Fsp3) is 0.158. The van der Waals surface area contributed by atoms with Crippen molar-refractivity contribution in [3.8, 4) is 11.1 Å². The van der Waals surface area contributed by atoms with Gasteiger partial charge < -0.3 is 0 Å². The maximum absolute atomic E-state index is 14.6. The molecule has 0 amide bonds. The molecule has 112 valence electrons. The monoisotopic (exact) mass is 300 g/mol. The van der Waals surface area contributed by atoms with Crippen LogP contribution in [0.5, 0.6) is 0 Å². The molecule has 3 aromatic rings. The Balaban J connectivity index is 2.15. The molecule has 0 saturated heterocycles. The first-order valence-electron chi connectivity index (χ1n) is 7.27. The second-order valence-corrected chi connectivity index (χ2v) is 5.33. The third-order valence-corrected chi connectivity index (χ3v) is 3.82. The quantitative estimate of drug-likeness (QED) is 0.567. The largest absolute Gasteiger partial charge is 0.206 e. The topological polar surface area (TPSA) is 0 Å². The second-order valence-electron chi connectivity index (χ2n) is 5.33. The number of benzene rings is 3. The molecule has 0 fully saturated rings. The standard InChI is InChI=1S/C19H15F3/c1-2-3-12-4-6-13(7-5-12)15-10-8-14-9-11-16(20)19(22)17(14)18(15)21/h4-11H,2-3H2,1H3. The number of halogens is 3. The van der Waals surface area contributed by atoms with Crippen molar-refractivity contribution in [2.45, 2.75) is 19.8 Å². The van der Waals surface area contributed by atoms with Gasteiger partial charge in [-0.15, -0.1) is 0 Å². The molecular weight excluding hydrogens is 285 g/mol. The van der Waals surface area contributed by atoms with Crippen molar-refractivity contribution < 1.29 is 13.2 Å². The van der Waals surface area contributed by atoms with Crippen molar-refractivity contribution in [1.29, 1.82) is 0 Å². The van der Waals surface area contributed by atoms with Crippen LogP contribution in [0.2, 0.25) is 0 Å². The van der Waals surface area contributed by atoms with Crippen LogP contribution >= 0.6 is 0 Å². The van der Waals surface area contributed by atoms with Crippen LogP contribution < -0.4 is 0 Å². The van der Waals surface area contributed by atoms with Crippen LogP contribution in [0.15, 0.2) is 48.5 Å². The lowest BCUT2D eigenvalue weighted by molar-refractivity contribution is 0.512. The summed E-state index contributed by atoms with van der Waals surface area (Å²) >= 11 is 0. The van der Waals surface area contributed by atoms with Gasteiger partial charge in [-0.05, 0) is 29.0 Å². The Morgan fingerprint density at radius 2 is 1.45 bits per heavy atom. The van der Waals surface area contributed by atoms with Gasteiger partial charge in [0, 0.05) is 5.56 Å². The summed E-state index contributed by atoms with van der Waals surface area (Å²) in [6.07, 6.45) is 1.99. The summed E-state index contributed by atoms with van der Waals surface area (Å²) in [5.74, 6) is -2.90. The van der Waals surface area contributed by atoms with E-state index in [9.17, 15) is 13.2 Å². The van der Waals surface area contributed by atoms with Gasteiger partial charge in [-0.1, -0.05) is 55.8 Å². The van der Waals surface area contributed by atoms with Crippen LogP contribution in [0.3, 0.4) is 0 Å². The van der Waals surface area contributed by atoms with Gasteiger partial charge >= 0.3 is 0 Å². The maximum Gasteiger partial charge on any atom is 0.169 e. The van der Waals surface area contributed by atoms with Crippen LogP contribution in [-0.4, -0.2) is 0 Å². The molecule has 0 bridgehead atoms. The van der Waals surface area contributed by atoms with Crippen LogP contribution in [0.25, 0.3) is 21.9 Å². The fourth-order valence-electron chi connectivity index (χ4n) is 2.67. The highest BCUT2D eigenvalue weighted by Crippen LogP contribution is 2.31. The summed E-state index contributed by atoms with van der Waals surface area (Å²) in [7, 11) is 0. The molecule has 0 unspecified atom stereocenters. The van der Waals surface area contributed by atoms with E-state index in [2.05, 4.69) is 6.92 Å². The van der Waals surface area contributed by atoms with E-state index in [-0.39, 0.29) is 10.9 Å². The van der Waals surface area contributed by atoms with E-state index in [1.54, 1.807) is 12.1 Å². The molecule has 3 heteroatoms. The van der Waals surface area contributed by atoms with Crippen LogP contribution in [0, 0.1) is 17.5 Å². The summed E-state index contributed by atoms with van der Waals surface area (Å²) in [6, 6.07) is 13.1. The summed E-state index contributed by atoms with van der Waals surface area (Å²) < 4.78 is 41.9. The van der Waals surface area contributed by atoms with E-state index in [1.807, 2.05) is 24.3 Å². The molecular formula is C19H15F3. The van der Waals surface area contributed by atoms with Crippen molar-refractivity contribution in [1.82, 2.24) is 0 Å². The molecule has 0 spiro atoms. The highest BCUT2D eigenvalue weighted by atomic mass is 19.2. The van der Waals surface area contributed by atoms with Gasteiger partial charge in [0.05, 0.1) is 5.39 Å². The predicted molar refractivity (Wildman–Crippen MR) is 83.3 cm³/mol. The summed E-state index contributed by atoms with van der Waals surface area (Å²) in [4.78, 5) is 0. The molecule has 0 N–H and O–H groups in total. The Bertz CT molecular complexity index is 820. The number of aryl methyl sites for hydroxylation is 1. The van der Waals surface area contributed by atoms with Gasteiger partial charge in [0.25, 0.3) is 0 Å². The summed E-state index contributed by atoms with van der Waals surface area (Å²) in [5.41, 5.74) is 2.10. The van der Waals surface area contributed by atoms with E-state index in [0.29, 0.717) is 10.9 Å². The zero-order valence-corrected chi connectivity index (χ0v) is 12.2. The smallest absolute Gasteiger partial charge is 0.169 e. The minimum atomic E-state index is -1.14. The van der Waals surface area contributed by atoms with Gasteiger partial charge in [0.15, 0.2) is 11.6 Å². The molecule has 0 aliphatic rings. The molecule has 0 radical (unpaired) electrons. The predicted octanol–water partition coefficient (Wildman–Crippen LogP) is 5.88. The van der Waals surface area contributed by atoms with Crippen molar-refractivity contribution in [3.63, 3.8) is 0 Å². The van der Waals surface area contributed by atoms with Gasteiger partial charge in [0.1, 0.15) is 5.82 Å². The molecule has 0 aromatic heterocycles. The number of hydrogen-bond donors (Lipinski definition) is 0. The zero-order chi connectivity index (χ0) is 15.7. The minimum Gasteiger partial charge on any atom is -0.206 e. The molecule has 0 heterocycles. The Morgan fingerprint density at radius 3 is 2.14 bits per heavy atom. The highest BCUT2D eigenvalue weighted by molar-refractivity contribution is 5.88. The van der Waals surface area contributed by atoms with E-state index >= 15 is 0 Å². The molecule has 22 heavy (non-hydrogen) atoms. The molecule has 0 aliphatic heterocycles. The Kier molecular flexibility index (Phi) is 3.88. The van der Waals surface area contributed by atoms with Gasteiger partial charge in [-0.3, -0.25) is 0 Å². The third-order valence-electron chi connectivity index (χ3n) is 3.82. The second kappa shape index (κ2) is 5.84. The van der Waals surface area contributed by atoms with Gasteiger partial charge in [0.2, 0.25) is 0 Å². The number of rotatable bonds is 3. The number of fused-ring (bicyclic) bond motifs is 1. The molecule has 3 rings (SSSR count). The van der Waals surface area contributed by atoms with Crippen molar-refractivity contribution >= 4 is 10.8 Å². The fourth-order valence-corrected chi connectivity index (χ4v) is 2.67. The molecule has 0 atom stereocenters. The average molecular weight is 300 g/mol. The lowest BCUT2D eigenvalue weighted by Gasteiger charge is -2.09. The molecule has 0 nitrogen and oxygen atoms in total. The third kappa shape index (κ3) is 2.47. The van der Waals surface area contributed by atoms with Crippen molar-refractivity contribution in [3.05, 3.63) is 71.5 Å². The number of hydrogen-bond acceptors (Lipinski definition) is 0. The van der Waals surface area contributed by atoms with E-state index in [0.717, 1.165) is 18.9 Å². The van der Waals surface area contributed by atoms with Gasteiger partial charge in [-0.25, -0.2) is 13.2 Å². The van der Waals surface area contributed by atoms with E-state index < -0.39 is 17.5 Å². The maximum atomic E-state index is 14.6. The molecule has 3 aromatic carbocycles. The van der Waals surface area contributed by atoms with Gasteiger partial charge in [-0.2, -0.15) is 0 Å². The lowest BCUT2D eigenvalue weighted by Crippen LogP contribution is -1.93. The first-order valence-corrected chi connectivity index (χ1v) is 7.27. The average Bonchev–Trinajstić information content (AvgIpc) is 2.52. The van der Waals surface area contributed by atoms with Crippen molar-refractivity contribution in [2.75, 3.05) is 0 Å². The van der Waals surface area contributed by atoms with E-state index in [1.165, 1.54) is 11.6 Å². The Hall–Kier alpha value is -2.29. The zero-order valence-electron chi connectivity index (χ0n) is 12.2. The Morgan fingerprint density at radius 1 is 0.773 bits per heavy atom. The summed E-state index contributed by atoms with van der Waals surface area (Å²) in [5, 5.41) is 0.0536. The highest BCUT2D eigenvalue weighted by Gasteiger charge is 2.15. The van der Waals surface area contributed by atoms with Crippen LogP contribution in [0.4, 0.5) is 13.2 Å². The minimum absolute atomic E-state index is 0.278. The molecule has 0 aliphatic carbocycles. The van der Waals surface area contributed by atoms with Crippen LogP contribution in [-0.2, 0) is 6.42 Å². The summed E-state index contributed by atoms with van der Waals surface area (Å²) in [6.45, 7) is 2.09. The van der Waals surface area contributed by atoms with Crippen LogP contribution in [0.1, 0.15) is 18.9 Å². The SMILES string of the molecule is CCCc1ccc(-c2ccc3ccc(F)c(F)c3c2F)cc1.